The number of fused-ring (bicyclic) bond motifs is 1. The fourth-order valence-electron chi connectivity index (χ4n) is 3.02. The Morgan fingerprint density at radius 2 is 2.10 bits per heavy atom. The summed E-state index contributed by atoms with van der Waals surface area (Å²) in [6, 6.07) is 9.81. The molecule has 4 heteroatoms. The fourth-order valence-corrected chi connectivity index (χ4v) is 3.02. The molecule has 2 N–H and O–H groups in total. The summed E-state index contributed by atoms with van der Waals surface area (Å²) in [5.41, 5.74) is 7.62. The average Bonchev–Trinajstić information content (AvgIpc) is 2.54. The van der Waals surface area contributed by atoms with E-state index in [4.69, 9.17) is 5.73 Å². The zero-order chi connectivity index (χ0) is 14.8. The Labute approximate surface area is 125 Å². The lowest BCUT2D eigenvalue weighted by Crippen LogP contribution is -2.42. The third kappa shape index (κ3) is 2.90. The zero-order valence-electron chi connectivity index (χ0n) is 12.3. The number of nitrogens with two attached hydrogens (primary N) is 1. The first kappa shape index (κ1) is 14.0. The molecule has 0 aliphatic carbocycles. The lowest BCUT2D eigenvalue weighted by Gasteiger charge is -2.33. The van der Waals surface area contributed by atoms with Crippen molar-refractivity contribution in [2.45, 2.75) is 25.8 Å². The number of amides is 1. The number of pyridine rings is 1. The van der Waals surface area contributed by atoms with E-state index in [9.17, 15) is 4.79 Å². The van der Waals surface area contributed by atoms with Gasteiger partial charge in [0.25, 0.3) is 5.91 Å². The zero-order valence-corrected chi connectivity index (χ0v) is 12.3. The molecule has 0 saturated carbocycles. The van der Waals surface area contributed by atoms with Gasteiger partial charge >= 0.3 is 0 Å². The van der Waals surface area contributed by atoms with E-state index in [0.29, 0.717) is 5.92 Å². The van der Waals surface area contributed by atoms with E-state index in [1.54, 1.807) is 6.20 Å². The van der Waals surface area contributed by atoms with Crippen molar-refractivity contribution < 1.29 is 4.79 Å². The van der Waals surface area contributed by atoms with Crippen molar-refractivity contribution in [1.82, 2.24) is 9.88 Å². The van der Waals surface area contributed by atoms with Crippen molar-refractivity contribution in [1.29, 1.82) is 0 Å². The molecule has 21 heavy (non-hydrogen) atoms. The van der Waals surface area contributed by atoms with Gasteiger partial charge < -0.3 is 10.6 Å². The van der Waals surface area contributed by atoms with Gasteiger partial charge in [-0.15, -0.1) is 0 Å². The predicted molar refractivity (Wildman–Crippen MR) is 84.0 cm³/mol. The maximum atomic E-state index is 12.6. The van der Waals surface area contributed by atoms with Crippen LogP contribution in [-0.4, -0.2) is 34.9 Å². The quantitative estimate of drug-likeness (QED) is 0.921. The van der Waals surface area contributed by atoms with E-state index in [1.165, 1.54) is 0 Å². The molecule has 2 heterocycles. The molecular formula is C17H21N3O. The number of carbonyl (C=O) groups is 1. The van der Waals surface area contributed by atoms with Crippen molar-refractivity contribution in [2.24, 2.45) is 11.7 Å². The molecule has 1 amide bonds. The topological polar surface area (TPSA) is 59.2 Å². The number of hydrogen-bond donors (Lipinski definition) is 1. The van der Waals surface area contributed by atoms with Crippen LogP contribution >= 0.6 is 0 Å². The molecule has 1 atom stereocenters. The molecule has 110 valence electrons. The second-order valence-corrected chi connectivity index (χ2v) is 5.90. The van der Waals surface area contributed by atoms with Gasteiger partial charge in [0.2, 0.25) is 0 Å². The summed E-state index contributed by atoms with van der Waals surface area (Å²) in [6.45, 7) is 3.66. The summed E-state index contributed by atoms with van der Waals surface area (Å²) in [5, 5.41) is 1.01. The summed E-state index contributed by atoms with van der Waals surface area (Å²) < 4.78 is 0. The molecule has 1 aromatic carbocycles. The number of nitrogens with zero attached hydrogens (tertiary/aromatic N) is 2. The molecule has 1 aliphatic heterocycles. The van der Waals surface area contributed by atoms with Crippen molar-refractivity contribution in [3.05, 3.63) is 42.1 Å². The maximum absolute atomic E-state index is 12.6. The SMILES string of the molecule is CC(N)C1CCN(C(=O)c2ccc3ncccc3c2)CC1. The van der Waals surface area contributed by atoms with Crippen LogP contribution in [0.25, 0.3) is 10.9 Å². The second-order valence-electron chi connectivity index (χ2n) is 5.90. The van der Waals surface area contributed by atoms with E-state index in [2.05, 4.69) is 11.9 Å². The number of likely N-dealkylation sites (tertiary alicyclic amines) is 1. The Balaban J connectivity index is 1.75. The molecule has 1 unspecified atom stereocenters. The van der Waals surface area contributed by atoms with Crippen LogP contribution in [0.2, 0.25) is 0 Å². The van der Waals surface area contributed by atoms with Crippen molar-refractivity contribution in [3.8, 4) is 0 Å². The van der Waals surface area contributed by atoms with Gasteiger partial charge in [-0.05, 0) is 49.9 Å². The molecule has 0 bridgehead atoms. The summed E-state index contributed by atoms with van der Waals surface area (Å²) in [6.07, 6.45) is 3.76. The predicted octanol–water partition coefficient (Wildman–Crippen LogP) is 2.43. The number of rotatable bonds is 2. The third-order valence-corrected chi connectivity index (χ3v) is 4.42. The van der Waals surface area contributed by atoms with Crippen LogP contribution < -0.4 is 5.73 Å². The molecule has 4 nitrogen and oxygen atoms in total. The highest BCUT2D eigenvalue weighted by Crippen LogP contribution is 2.22. The van der Waals surface area contributed by atoms with Crippen LogP contribution in [0.1, 0.15) is 30.1 Å². The molecule has 0 spiro atoms. The van der Waals surface area contributed by atoms with Crippen LogP contribution in [-0.2, 0) is 0 Å². The summed E-state index contributed by atoms with van der Waals surface area (Å²) in [4.78, 5) is 18.8. The summed E-state index contributed by atoms with van der Waals surface area (Å²) in [5.74, 6) is 0.652. The standard InChI is InChI=1S/C17H21N3O/c1-12(18)13-6-9-20(10-7-13)17(21)15-4-5-16-14(11-15)3-2-8-19-16/h2-5,8,11-13H,6-7,9-10,18H2,1H3. The van der Waals surface area contributed by atoms with E-state index in [0.717, 1.165) is 42.4 Å². The van der Waals surface area contributed by atoms with Crippen LogP contribution in [0.3, 0.4) is 0 Å². The first-order valence-electron chi connectivity index (χ1n) is 7.55. The molecule has 3 rings (SSSR count). The van der Waals surface area contributed by atoms with E-state index in [-0.39, 0.29) is 11.9 Å². The largest absolute Gasteiger partial charge is 0.339 e. The van der Waals surface area contributed by atoms with Gasteiger partial charge in [-0.25, -0.2) is 0 Å². The van der Waals surface area contributed by atoms with E-state index in [1.807, 2.05) is 35.2 Å². The smallest absolute Gasteiger partial charge is 0.253 e. The first-order chi connectivity index (χ1) is 10.1. The minimum Gasteiger partial charge on any atom is -0.339 e. The Kier molecular flexibility index (Phi) is 3.88. The van der Waals surface area contributed by atoms with Crippen LogP contribution in [0.15, 0.2) is 36.5 Å². The molecule has 1 saturated heterocycles. The fraction of sp³-hybridized carbons (Fsp3) is 0.412. The number of benzene rings is 1. The van der Waals surface area contributed by atoms with Crippen molar-refractivity contribution in [3.63, 3.8) is 0 Å². The normalized spacial score (nSPS) is 17.9. The minimum absolute atomic E-state index is 0.115. The Morgan fingerprint density at radius 3 is 2.81 bits per heavy atom. The van der Waals surface area contributed by atoms with Gasteiger partial charge in [-0.3, -0.25) is 9.78 Å². The Hall–Kier alpha value is -1.94. The van der Waals surface area contributed by atoms with Gasteiger partial charge in [0, 0.05) is 36.3 Å². The molecule has 1 fully saturated rings. The average molecular weight is 283 g/mol. The van der Waals surface area contributed by atoms with Crippen molar-refractivity contribution in [2.75, 3.05) is 13.1 Å². The number of carbonyl (C=O) groups excluding carboxylic acids is 1. The molecule has 1 aromatic heterocycles. The Morgan fingerprint density at radius 1 is 1.33 bits per heavy atom. The van der Waals surface area contributed by atoms with Crippen molar-refractivity contribution >= 4 is 16.8 Å². The number of piperidine rings is 1. The molecule has 1 aliphatic rings. The van der Waals surface area contributed by atoms with E-state index >= 15 is 0 Å². The number of aromatic nitrogens is 1. The highest BCUT2D eigenvalue weighted by Gasteiger charge is 2.25. The van der Waals surface area contributed by atoms with Gasteiger partial charge in [0.15, 0.2) is 0 Å². The highest BCUT2D eigenvalue weighted by molar-refractivity contribution is 5.97. The van der Waals surface area contributed by atoms with Crippen LogP contribution in [0.5, 0.6) is 0 Å². The second kappa shape index (κ2) is 5.82. The molecule has 2 aromatic rings. The third-order valence-electron chi connectivity index (χ3n) is 4.42. The van der Waals surface area contributed by atoms with Gasteiger partial charge in [0.1, 0.15) is 0 Å². The van der Waals surface area contributed by atoms with Crippen LogP contribution in [0.4, 0.5) is 0 Å². The Bertz CT molecular complexity index is 645. The number of hydrogen-bond acceptors (Lipinski definition) is 3. The first-order valence-corrected chi connectivity index (χ1v) is 7.55. The molecular weight excluding hydrogens is 262 g/mol. The lowest BCUT2D eigenvalue weighted by molar-refractivity contribution is 0.0681. The van der Waals surface area contributed by atoms with E-state index < -0.39 is 0 Å². The minimum atomic E-state index is 0.115. The maximum Gasteiger partial charge on any atom is 0.253 e. The highest BCUT2D eigenvalue weighted by atomic mass is 16.2. The summed E-state index contributed by atoms with van der Waals surface area (Å²) >= 11 is 0. The lowest BCUT2D eigenvalue weighted by atomic mass is 9.90. The molecule has 0 radical (unpaired) electrons. The van der Waals surface area contributed by atoms with Gasteiger partial charge in [0.05, 0.1) is 5.52 Å². The van der Waals surface area contributed by atoms with Crippen LogP contribution in [0, 0.1) is 5.92 Å². The monoisotopic (exact) mass is 283 g/mol. The summed E-state index contributed by atoms with van der Waals surface area (Å²) in [7, 11) is 0. The van der Waals surface area contributed by atoms with Gasteiger partial charge in [-0.1, -0.05) is 6.07 Å². The van der Waals surface area contributed by atoms with Gasteiger partial charge in [-0.2, -0.15) is 0 Å².